The van der Waals surface area contributed by atoms with Crippen LogP contribution in [0.15, 0.2) is 42.5 Å². The van der Waals surface area contributed by atoms with E-state index in [2.05, 4.69) is 21.6 Å². The Labute approximate surface area is 171 Å². The molecule has 7 heteroatoms. The van der Waals surface area contributed by atoms with Crippen LogP contribution in [0.3, 0.4) is 0 Å². The molecule has 0 aromatic heterocycles. The van der Waals surface area contributed by atoms with E-state index in [1.54, 1.807) is 21.3 Å². The molecule has 1 unspecified atom stereocenters. The van der Waals surface area contributed by atoms with Gasteiger partial charge in [-0.1, -0.05) is 18.2 Å². The number of carbonyl (C=O) groups excluding carboxylic acids is 1. The highest BCUT2D eigenvalue weighted by atomic mass is 16.5. The third-order valence-corrected chi connectivity index (χ3v) is 5.16. The minimum Gasteiger partial charge on any atom is -0.495 e. The van der Waals surface area contributed by atoms with Crippen LogP contribution in [0.4, 0.5) is 10.5 Å². The smallest absolute Gasteiger partial charge is 0.315 e. The van der Waals surface area contributed by atoms with Crippen molar-refractivity contribution in [2.24, 2.45) is 5.92 Å². The molecule has 0 radical (unpaired) electrons. The fourth-order valence-electron chi connectivity index (χ4n) is 3.58. The number of nitrogens with one attached hydrogen (secondary N) is 2. The molecular weight excluding hydrogens is 370 g/mol. The van der Waals surface area contributed by atoms with Gasteiger partial charge < -0.3 is 29.7 Å². The molecule has 7 nitrogen and oxygen atoms in total. The molecule has 2 aromatic carbocycles. The van der Waals surface area contributed by atoms with Crippen LogP contribution in [0.2, 0.25) is 0 Å². The van der Waals surface area contributed by atoms with Crippen LogP contribution in [-0.2, 0) is 6.54 Å². The van der Waals surface area contributed by atoms with Crippen molar-refractivity contribution in [2.45, 2.75) is 13.0 Å². The number of hydrogen-bond acceptors (Lipinski definition) is 5. The molecule has 156 valence electrons. The Balaban J connectivity index is 1.44. The Bertz CT molecular complexity index is 827. The first kappa shape index (κ1) is 20.6. The lowest BCUT2D eigenvalue weighted by Crippen LogP contribution is -2.38. The molecule has 29 heavy (non-hydrogen) atoms. The maximum absolute atomic E-state index is 12.2. The maximum atomic E-state index is 12.2. The van der Waals surface area contributed by atoms with Crippen LogP contribution in [0.1, 0.15) is 12.0 Å². The number of amides is 2. The molecule has 0 aliphatic carbocycles. The van der Waals surface area contributed by atoms with Gasteiger partial charge >= 0.3 is 6.03 Å². The van der Waals surface area contributed by atoms with E-state index in [9.17, 15) is 4.79 Å². The molecule has 1 atom stereocenters. The van der Waals surface area contributed by atoms with Gasteiger partial charge in [-0.25, -0.2) is 4.79 Å². The van der Waals surface area contributed by atoms with Crippen LogP contribution in [0.5, 0.6) is 17.2 Å². The number of carbonyl (C=O) groups is 1. The van der Waals surface area contributed by atoms with E-state index in [4.69, 9.17) is 14.2 Å². The van der Waals surface area contributed by atoms with Crippen molar-refractivity contribution in [3.8, 4) is 17.2 Å². The second-order valence-corrected chi connectivity index (χ2v) is 7.03. The van der Waals surface area contributed by atoms with Crippen LogP contribution < -0.4 is 29.7 Å². The largest absolute Gasteiger partial charge is 0.495 e. The number of rotatable bonds is 8. The van der Waals surface area contributed by atoms with E-state index in [0.29, 0.717) is 30.5 Å². The monoisotopic (exact) mass is 399 g/mol. The average Bonchev–Trinajstić information content (AvgIpc) is 3.24. The van der Waals surface area contributed by atoms with Crippen molar-refractivity contribution >= 4 is 11.7 Å². The minimum atomic E-state index is -0.171. The highest BCUT2D eigenvalue weighted by Gasteiger charge is 2.24. The van der Waals surface area contributed by atoms with Crippen molar-refractivity contribution in [3.05, 3.63) is 48.0 Å². The predicted molar refractivity (Wildman–Crippen MR) is 113 cm³/mol. The topological polar surface area (TPSA) is 72.1 Å². The highest BCUT2D eigenvalue weighted by Crippen LogP contribution is 2.31. The Kier molecular flexibility index (Phi) is 7.05. The fraction of sp³-hybridized carbons (Fsp3) is 0.409. The van der Waals surface area contributed by atoms with E-state index in [0.717, 1.165) is 36.5 Å². The number of urea groups is 1. The third-order valence-electron chi connectivity index (χ3n) is 5.16. The second kappa shape index (κ2) is 9.91. The molecular formula is C22H29N3O4. The quantitative estimate of drug-likeness (QED) is 0.714. The summed E-state index contributed by atoms with van der Waals surface area (Å²) in [5, 5.41) is 5.88. The Hall–Kier alpha value is -3.09. The third kappa shape index (κ3) is 5.25. The molecule has 0 bridgehead atoms. The summed E-state index contributed by atoms with van der Waals surface area (Å²) in [6.45, 7) is 2.92. The van der Waals surface area contributed by atoms with Crippen LogP contribution in [-0.4, -0.2) is 47.0 Å². The summed E-state index contributed by atoms with van der Waals surface area (Å²) in [6, 6.07) is 13.5. The first-order chi connectivity index (χ1) is 14.1. The van der Waals surface area contributed by atoms with Crippen LogP contribution in [0.25, 0.3) is 0 Å². The average molecular weight is 399 g/mol. The van der Waals surface area contributed by atoms with Crippen molar-refractivity contribution in [1.82, 2.24) is 10.6 Å². The number of para-hydroxylation sites is 2. The van der Waals surface area contributed by atoms with Crippen molar-refractivity contribution in [2.75, 3.05) is 45.9 Å². The summed E-state index contributed by atoms with van der Waals surface area (Å²) in [4.78, 5) is 14.5. The van der Waals surface area contributed by atoms with E-state index in [1.165, 1.54) is 0 Å². The molecule has 1 saturated heterocycles. The Morgan fingerprint density at radius 1 is 1.00 bits per heavy atom. The van der Waals surface area contributed by atoms with E-state index in [1.807, 2.05) is 36.4 Å². The first-order valence-electron chi connectivity index (χ1n) is 9.75. The lowest BCUT2D eigenvalue weighted by molar-refractivity contribution is 0.239. The molecule has 1 fully saturated rings. The minimum absolute atomic E-state index is 0.171. The van der Waals surface area contributed by atoms with E-state index in [-0.39, 0.29) is 6.03 Å². The van der Waals surface area contributed by atoms with Gasteiger partial charge in [0.15, 0.2) is 11.5 Å². The zero-order valence-electron chi connectivity index (χ0n) is 17.2. The summed E-state index contributed by atoms with van der Waals surface area (Å²) < 4.78 is 16.0. The van der Waals surface area contributed by atoms with Gasteiger partial charge in [-0.15, -0.1) is 0 Å². The first-order valence-corrected chi connectivity index (χ1v) is 9.75. The van der Waals surface area contributed by atoms with Crippen LogP contribution in [0, 0.1) is 5.92 Å². The summed E-state index contributed by atoms with van der Waals surface area (Å²) in [7, 11) is 4.88. The van der Waals surface area contributed by atoms with Crippen LogP contribution >= 0.6 is 0 Å². The van der Waals surface area contributed by atoms with Gasteiger partial charge in [-0.2, -0.15) is 0 Å². The molecule has 2 aromatic rings. The van der Waals surface area contributed by atoms with Gasteiger partial charge in [0.1, 0.15) is 5.75 Å². The zero-order chi connectivity index (χ0) is 20.6. The number of methoxy groups -OCH3 is 3. The van der Waals surface area contributed by atoms with Gasteiger partial charge in [0.25, 0.3) is 0 Å². The fourth-order valence-corrected chi connectivity index (χ4v) is 3.58. The molecule has 3 rings (SSSR count). The molecule has 2 amide bonds. The molecule has 1 heterocycles. The maximum Gasteiger partial charge on any atom is 0.315 e. The molecule has 1 aliphatic heterocycles. The summed E-state index contributed by atoms with van der Waals surface area (Å²) in [5.41, 5.74) is 2.05. The predicted octanol–water partition coefficient (Wildman–Crippen LogP) is 3.04. The van der Waals surface area contributed by atoms with Crippen molar-refractivity contribution in [1.29, 1.82) is 0 Å². The highest BCUT2D eigenvalue weighted by molar-refractivity contribution is 5.73. The molecule has 2 N–H and O–H groups in total. The molecule has 0 saturated carbocycles. The van der Waals surface area contributed by atoms with E-state index >= 15 is 0 Å². The number of nitrogens with zero attached hydrogens (tertiary/aromatic N) is 1. The van der Waals surface area contributed by atoms with E-state index < -0.39 is 0 Å². The number of ether oxygens (including phenoxy) is 3. The Morgan fingerprint density at radius 2 is 1.76 bits per heavy atom. The van der Waals surface area contributed by atoms with Crippen molar-refractivity contribution in [3.63, 3.8) is 0 Å². The molecule has 1 aliphatic rings. The second-order valence-electron chi connectivity index (χ2n) is 7.03. The SMILES string of the molecule is COc1ccc(CNC(=O)NCC2CCN(c3ccccc3OC)C2)cc1OC. The standard InChI is InChI=1S/C22H29N3O4/c1-27-19-7-5-4-6-18(19)25-11-10-17(15-25)14-24-22(26)23-13-16-8-9-20(28-2)21(12-16)29-3/h4-9,12,17H,10-11,13-15H2,1-3H3,(H2,23,24,26). The van der Waals surface area contributed by atoms with Gasteiger partial charge in [0.2, 0.25) is 0 Å². The molecule has 0 spiro atoms. The normalized spacial score (nSPS) is 15.7. The van der Waals surface area contributed by atoms with Crippen molar-refractivity contribution < 1.29 is 19.0 Å². The van der Waals surface area contributed by atoms with Gasteiger partial charge in [0.05, 0.1) is 27.0 Å². The Morgan fingerprint density at radius 3 is 2.52 bits per heavy atom. The van der Waals surface area contributed by atoms with Gasteiger partial charge in [0, 0.05) is 26.2 Å². The number of benzene rings is 2. The zero-order valence-corrected chi connectivity index (χ0v) is 17.2. The van der Waals surface area contributed by atoms with Gasteiger partial charge in [-0.05, 0) is 42.2 Å². The number of hydrogen-bond donors (Lipinski definition) is 2. The summed E-state index contributed by atoms with van der Waals surface area (Å²) in [5.74, 6) is 2.61. The summed E-state index contributed by atoms with van der Waals surface area (Å²) in [6.07, 6.45) is 1.04. The lowest BCUT2D eigenvalue weighted by atomic mass is 10.1. The summed E-state index contributed by atoms with van der Waals surface area (Å²) >= 11 is 0. The lowest BCUT2D eigenvalue weighted by Gasteiger charge is -2.21. The number of anilines is 1. The van der Waals surface area contributed by atoms with Gasteiger partial charge in [-0.3, -0.25) is 0 Å².